The van der Waals surface area contributed by atoms with Crippen molar-refractivity contribution in [2.75, 3.05) is 32.2 Å². The first-order valence-electron chi connectivity index (χ1n) is 11.1. The van der Waals surface area contributed by atoms with E-state index < -0.39 is 16.1 Å². The van der Waals surface area contributed by atoms with Crippen LogP contribution in [0.15, 0.2) is 41.3 Å². The van der Waals surface area contributed by atoms with Crippen molar-refractivity contribution < 1.29 is 27.5 Å². The van der Waals surface area contributed by atoms with Crippen LogP contribution in [0.25, 0.3) is 0 Å². The van der Waals surface area contributed by atoms with Gasteiger partial charge in [-0.05, 0) is 29.8 Å². The Labute approximate surface area is 200 Å². The third-order valence-corrected chi connectivity index (χ3v) is 8.00. The number of sulfonamides is 1. The fourth-order valence-corrected chi connectivity index (χ4v) is 5.80. The van der Waals surface area contributed by atoms with Crippen LogP contribution in [0.2, 0.25) is 0 Å². The maximum atomic E-state index is 13.1. The molecule has 184 valence electrons. The van der Waals surface area contributed by atoms with E-state index >= 15 is 0 Å². The van der Waals surface area contributed by atoms with Crippen molar-refractivity contribution >= 4 is 27.5 Å². The minimum atomic E-state index is -3.66. The summed E-state index contributed by atoms with van der Waals surface area (Å²) in [5.74, 6) is 0.436. The quantitative estimate of drug-likeness (QED) is 0.580. The van der Waals surface area contributed by atoms with Crippen LogP contribution in [0, 0.1) is 0 Å². The molecule has 9 nitrogen and oxygen atoms in total. The number of ether oxygens (including phenoxy) is 2. The highest BCUT2D eigenvalue weighted by atomic mass is 32.2. The number of methoxy groups -OCH3 is 2. The summed E-state index contributed by atoms with van der Waals surface area (Å²) in [6.07, 6.45) is 0.220. The molecule has 0 saturated carbocycles. The van der Waals surface area contributed by atoms with Crippen molar-refractivity contribution in [1.29, 1.82) is 0 Å². The van der Waals surface area contributed by atoms with Crippen LogP contribution in [0.5, 0.6) is 11.5 Å². The highest BCUT2D eigenvalue weighted by Crippen LogP contribution is 2.35. The summed E-state index contributed by atoms with van der Waals surface area (Å²) < 4.78 is 38.0. The molecule has 1 aliphatic rings. The molecule has 0 bridgehead atoms. The van der Waals surface area contributed by atoms with Crippen LogP contribution >= 0.6 is 0 Å². The van der Waals surface area contributed by atoms with Crippen LogP contribution < -0.4 is 19.7 Å². The lowest BCUT2D eigenvalue weighted by molar-refractivity contribution is -0.125. The van der Waals surface area contributed by atoms with Gasteiger partial charge in [-0.25, -0.2) is 8.42 Å². The lowest BCUT2D eigenvalue weighted by Gasteiger charge is -2.24. The van der Waals surface area contributed by atoms with Gasteiger partial charge in [0.25, 0.3) is 0 Å². The molecular formula is C24H31N3O6S. The molecule has 0 aromatic heterocycles. The molecule has 0 saturated heterocycles. The van der Waals surface area contributed by atoms with Crippen LogP contribution in [0.4, 0.5) is 5.69 Å². The molecule has 10 heteroatoms. The molecular weight excluding hydrogens is 458 g/mol. The number of anilines is 1. The predicted molar refractivity (Wildman–Crippen MR) is 129 cm³/mol. The van der Waals surface area contributed by atoms with Crippen molar-refractivity contribution in [3.8, 4) is 11.5 Å². The highest BCUT2D eigenvalue weighted by Gasteiger charge is 2.38. The summed E-state index contributed by atoms with van der Waals surface area (Å²) in [4.78, 5) is 27.2. The summed E-state index contributed by atoms with van der Waals surface area (Å²) in [5.41, 5.74) is 1.92. The average molecular weight is 490 g/mol. The Bertz CT molecular complexity index is 1180. The number of rotatable bonds is 9. The van der Waals surface area contributed by atoms with Gasteiger partial charge in [-0.2, -0.15) is 4.31 Å². The number of hydrogen-bond acceptors (Lipinski definition) is 6. The Morgan fingerprint density at radius 1 is 1.12 bits per heavy atom. The van der Waals surface area contributed by atoms with Gasteiger partial charge in [-0.15, -0.1) is 0 Å². The van der Waals surface area contributed by atoms with Gasteiger partial charge in [0, 0.05) is 44.2 Å². The first-order chi connectivity index (χ1) is 16.2. The van der Waals surface area contributed by atoms with Gasteiger partial charge in [0.2, 0.25) is 21.8 Å². The number of fused-ring (bicyclic) bond motifs is 1. The number of nitrogens with zero attached hydrogens (tertiary/aromatic N) is 2. The standard InChI is InChI=1S/C24H31N3O6S/c1-6-26(7-2)34(30,31)19-11-12-20-18(13-19)14-21(27(20)16(3)28)24(29)25-15-17-9-8-10-22(32-4)23(17)33-5/h8-13,21H,6-7,14-15H2,1-5H3,(H,25,29)/t21-/m0/s1. The normalized spacial score (nSPS) is 15.2. The Morgan fingerprint density at radius 2 is 1.82 bits per heavy atom. The number of carbonyl (C=O) groups excluding carboxylic acids is 2. The Hall–Kier alpha value is -3.11. The van der Waals surface area contributed by atoms with E-state index in [0.29, 0.717) is 35.8 Å². The zero-order valence-electron chi connectivity index (χ0n) is 20.1. The Balaban J connectivity index is 1.85. The highest BCUT2D eigenvalue weighted by molar-refractivity contribution is 7.89. The first kappa shape index (κ1) is 25.5. The molecule has 1 atom stereocenters. The molecule has 0 unspecified atom stereocenters. The third kappa shape index (κ3) is 4.74. The predicted octanol–water partition coefficient (Wildman–Crippen LogP) is 2.33. The maximum Gasteiger partial charge on any atom is 0.243 e. The third-order valence-electron chi connectivity index (χ3n) is 5.96. The summed E-state index contributed by atoms with van der Waals surface area (Å²) in [6, 6.07) is 9.26. The van der Waals surface area contributed by atoms with E-state index in [1.807, 2.05) is 6.07 Å². The van der Waals surface area contributed by atoms with E-state index in [1.54, 1.807) is 38.1 Å². The minimum absolute atomic E-state index is 0.153. The van der Waals surface area contributed by atoms with Crippen molar-refractivity contribution in [3.63, 3.8) is 0 Å². The van der Waals surface area contributed by atoms with Gasteiger partial charge in [0.05, 0.1) is 19.1 Å². The SMILES string of the molecule is CCN(CC)S(=O)(=O)c1ccc2c(c1)C[C@@H](C(=O)NCc1cccc(OC)c1OC)N2C(C)=O. The monoisotopic (exact) mass is 489 g/mol. The molecule has 0 spiro atoms. The molecule has 0 fully saturated rings. The Kier molecular flexibility index (Phi) is 7.83. The Morgan fingerprint density at radius 3 is 2.41 bits per heavy atom. The number of nitrogens with one attached hydrogen (secondary N) is 1. The fraction of sp³-hybridized carbons (Fsp3) is 0.417. The van der Waals surface area contributed by atoms with Crippen LogP contribution in [0.3, 0.4) is 0 Å². The van der Waals surface area contributed by atoms with Crippen LogP contribution in [-0.4, -0.2) is 57.9 Å². The number of para-hydroxylation sites is 1. The van der Waals surface area contributed by atoms with Crippen LogP contribution in [0.1, 0.15) is 31.9 Å². The molecule has 0 radical (unpaired) electrons. The van der Waals surface area contributed by atoms with Crippen molar-refractivity contribution in [2.45, 2.75) is 44.7 Å². The van der Waals surface area contributed by atoms with Crippen LogP contribution in [-0.2, 0) is 32.6 Å². The molecule has 2 aromatic carbocycles. The molecule has 34 heavy (non-hydrogen) atoms. The second kappa shape index (κ2) is 10.4. The fourth-order valence-electron chi connectivity index (χ4n) is 4.29. The smallest absolute Gasteiger partial charge is 0.243 e. The van der Waals surface area contributed by atoms with E-state index in [4.69, 9.17) is 9.47 Å². The lowest BCUT2D eigenvalue weighted by atomic mass is 10.1. The van der Waals surface area contributed by atoms with E-state index in [2.05, 4.69) is 5.32 Å². The van der Waals surface area contributed by atoms with Crippen molar-refractivity contribution in [2.24, 2.45) is 0 Å². The van der Waals surface area contributed by atoms with Gasteiger partial charge in [-0.1, -0.05) is 26.0 Å². The first-order valence-corrected chi connectivity index (χ1v) is 12.5. The lowest BCUT2D eigenvalue weighted by Crippen LogP contribution is -2.47. The van der Waals surface area contributed by atoms with Crippen molar-refractivity contribution in [3.05, 3.63) is 47.5 Å². The summed E-state index contributed by atoms with van der Waals surface area (Å²) in [6.45, 7) is 5.84. The van der Waals surface area contributed by atoms with Gasteiger partial charge >= 0.3 is 0 Å². The molecule has 3 rings (SSSR count). The molecule has 1 N–H and O–H groups in total. The van der Waals surface area contributed by atoms with Gasteiger partial charge in [-0.3, -0.25) is 14.5 Å². The topological polar surface area (TPSA) is 105 Å². The zero-order valence-corrected chi connectivity index (χ0v) is 20.9. The van der Waals surface area contributed by atoms with Gasteiger partial charge in [0.1, 0.15) is 6.04 Å². The number of benzene rings is 2. The summed E-state index contributed by atoms with van der Waals surface area (Å²) >= 11 is 0. The van der Waals surface area contributed by atoms with Gasteiger partial charge in [0.15, 0.2) is 11.5 Å². The number of hydrogen-bond donors (Lipinski definition) is 1. The number of carbonyl (C=O) groups is 2. The van der Waals surface area contributed by atoms with E-state index in [9.17, 15) is 18.0 Å². The molecule has 2 amide bonds. The molecule has 2 aromatic rings. The minimum Gasteiger partial charge on any atom is -0.493 e. The van der Waals surface area contributed by atoms with Crippen molar-refractivity contribution in [1.82, 2.24) is 9.62 Å². The molecule has 1 heterocycles. The van der Waals surface area contributed by atoms with E-state index in [0.717, 1.165) is 5.56 Å². The zero-order chi connectivity index (χ0) is 25.0. The second-order valence-electron chi connectivity index (χ2n) is 7.86. The largest absolute Gasteiger partial charge is 0.493 e. The molecule has 1 aliphatic heterocycles. The average Bonchev–Trinajstić information content (AvgIpc) is 3.22. The molecule has 0 aliphatic carbocycles. The van der Waals surface area contributed by atoms with E-state index in [-0.39, 0.29) is 29.7 Å². The van der Waals surface area contributed by atoms with E-state index in [1.165, 1.54) is 36.4 Å². The summed E-state index contributed by atoms with van der Waals surface area (Å²) in [5, 5.41) is 2.87. The second-order valence-corrected chi connectivity index (χ2v) is 9.80. The number of amides is 2. The summed E-state index contributed by atoms with van der Waals surface area (Å²) in [7, 11) is -0.592. The van der Waals surface area contributed by atoms with Gasteiger partial charge < -0.3 is 14.8 Å². The maximum absolute atomic E-state index is 13.1.